The SMILES string of the molecule is COC(=O)CC1CCC(NC(=O)OC(C)(C)C)CO1. The number of ether oxygens (including phenoxy) is 3. The molecule has 1 rings (SSSR count). The number of alkyl carbamates (subject to hydrolysis) is 1. The molecule has 2 unspecified atom stereocenters. The molecule has 0 aromatic rings. The first-order valence-electron chi connectivity index (χ1n) is 6.48. The van der Waals surface area contributed by atoms with Gasteiger partial charge in [0, 0.05) is 0 Å². The van der Waals surface area contributed by atoms with Crippen molar-refractivity contribution in [3.8, 4) is 0 Å². The first-order valence-corrected chi connectivity index (χ1v) is 6.48. The fourth-order valence-electron chi connectivity index (χ4n) is 1.82. The molecule has 2 atom stereocenters. The van der Waals surface area contributed by atoms with Crippen LogP contribution in [-0.2, 0) is 19.0 Å². The molecule has 1 aliphatic heterocycles. The Balaban J connectivity index is 2.26. The van der Waals surface area contributed by atoms with Crippen LogP contribution in [0.15, 0.2) is 0 Å². The molecule has 6 nitrogen and oxygen atoms in total. The van der Waals surface area contributed by atoms with E-state index in [9.17, 15) is 9.59 Å². The van der Waals surface area contributed by atoms with Gasteiger partial charge >= 0.3 is 12.1 Å². The standard InChI is InChI=1S/C13H23NO5/c1-13(2,3)19-12(16)14-9-5-6-10(18-8-9)7-11(15)17-4/h9-10H,5-8H2,1-4H3,(H,14,16). The molecule has 1 N–H and O–H groups in total. The zero-order chi connectivity index (χ0) is 14.5. The Labute approximate surface area is 113 Å². The molecule has 0 aliphatic carbocycles. The number of amides is 1. The van der Waals surface area contributed by atoms with Gasteiger partial charge < -0.3 is 19.5 Å². The van der Waals surface area contributed by atoms with E-state index in [1.165, 1.54) is 7.11 Å². The second-order valence-electron chi connectivity index (χ2n) is 5.66. The Morgan fingerprint density at radius 1 is 1.32 bits per heavy atom. The van der Waals surface area contributed by atoms with E-state index in [4.69, 9.17) is 9.47 Å². The summed E-state index contributed by atoms with van der Waals surface area (Å²) in [6.45, 7) is 5.84. The van der Waals surface area contributed by atoms with Crippen molar-refractivity contribution in [1.82, 2.24) is 5.32 Å². The van der Waals surface area contributed by atoms with Gasteiger partial charge in [0.05, 0.1) is 32.3 Å². The van der Waals surface area contributed by atoms with E-state index in [1.54, 1.807) is 0 Å². The highest BCUT2D eigenvalue weighted by Gasteiger charge is 2.26. The number of nitrogens with one attached hydrogen (secondary N) is 1. The fraction of sp³-hybridized carbons (Fsp3) is 0.846. The number of rotatable bonds is 3. The number of carbonyl (C=O) groups excluding carboxylic acids is 2. The first-order chi connectivity index (χ1) is 8.80. The van der Waals surface area contributed by atoms with E-state index < -0.39 is 11.7 Å². The van der Waals surface area contributed by atoms with Crippen molar-refractivity contribution in [2.24, 2.45) is 0 Å². The third-order valence-electron chi connectivity index (χ3n) is 2.71. The number of methoxy groups -OCH3 is 1. The molecule has 0 aromatic carbocycles. The van der Waals surface area contributed by atoms with Crippen LogP contribution in [0.1, 0.15) is 40.0 Å². The van der Waals surface area contributed by atoms with Crippen LogP contribution < -0.4 is 5.32 Å². The number of esters is 1. The number of carbonyl (C=O) groups is 2. The zero-order valence-corrected chi connectivity index (χ0v) is 12.0. The van der Waals surface area contributed by atoms with Gasteiger partial charge in [-0.25, -0.2) is 4.79 Å². The van der Waals surface area contributed by atoms with E-state index in [2.05, 4.69) is 10.1 Å². The van der Waals surface area contributed by atoms with E-state index in [0.717, 1.165) is 12.8 Å². The van der Waals surface area contributed by atoms with E-state index >= 15 is 0 Å². The van der Waals surface area contributed by atoms with Crippen LogP contribution in [-0.4, -0.2) is 43.5 Å². The normalized spacial score (nSPS) is 23.6. The molecule has 0 bridgehead atoms. The lowest BCUT2D eigenvalue weighted by Crippen LogP contribution is -2.45. The third-order valence-corrected chi connectivity index (χ3v) is 2.71. The average Bonchev–Trinajstić information content (AvgIpc) is 2.29. The first kappa shape index (κ1) is 15.8. The average molecular weight is 273 g/mol. The number of hydrogen-bond donors (Lipinski definition) is 1. The molecule has 6 heteroatoms. The maximum atomic E-state index is 11.6. The Morgan fingerprint density at radius 2 is 2.00 bits per heavy atom. The fourth-order valence-corrected chi connectivity index (χ4v) is 1.82. The molecule has 1 fully saturated rings. The highest BCUT2D eigenvalue weighted by Crippen LogP contribution is 2.17. The smallest absolute Gasteiger partial charge is 0.407 e. The van der Waals surface area contributed by atoms with Gasteiger partial charge in [-0.15, -0.1) is 0 Å². The Hall–Kier alpha value is -1.30. The zero-order valence-electron chi connectivity index (χ0n) is 12.0. The summed E-state index contributed by atoms with van der Waals surface area (Å²) >= 11 is 0. The lowest BCUT2D eigenvalue weighted by Gasteiger charge is -2.30. The summed E-state index contributed by atoms with van der Waals surface area (Å²) in [5, 5.41) is 2.76. The van der Waals surface area contributed by atoms with Crippen molar-refractivity contribution >= 4 is 12.1 Å². The lowest BCUT2D eigenvalue weighted by molar-refractivity contribution is -0.145. The minimum atomic E-state index is -0.507. The minimum Gasteiger partial charge on any atom is -0.469 e. The molecule has 19 heavy (non-hydrogen) atoms. The molecule has 0 aromatic heterocycles. The maximum Gasteiger partial charge on any atom is 0.407 e. The summed E-state index contributed by atoms with van der Waals surface area (Å²) in [6, 6.07) is -0.0660. The van der Waals surface area contributed by atoms with Crippen LogP contribution in [0.5, 0.6) is 0 Å². The van der Waals surface area contributed by atoms with Gasteiger partial charge in [-0.1, -0.05) is 0 Å². The largest absolute Gasteiger partial charge is 0.469 e. The second kappa shape index (κ2) is 6.75. The molecular formula is C13H23NO5. The van der Waals surface area contributed by atoms with Gasteiger partial charge in [0.1, 0.15) is 5.60 Å². The third kappa shape index (κ3) is 6.42. The quantitative estimate of drug-likeness (QED) is 0.791. The van der Waals surface area contributed by atoms with Gasteiger partial charge in [0.15, 0.2) is 0 Å². The molecular weight excluding hydrogens is 250 g/mol. The van der Waals surface area contributed by atoms with Crippen molar-refractivity contribution in [3.63, 3.8) is 0 Å². The van der Waals surface area contributed by atoms with Crippen molar-refractivity contribution in [3.05, 3.63) is 0 Å². The summed E-state index contributed by atoms with van der Waals surface area (Å²) in [5.74, 6) is -0.274. The van der Waals surface area contributed by atoms with Crippen molar-refractivity contribution < 1.29 is 23.8 Å². The maximum absolute atomic E-state index is 11.6. The molecule has 1 saturated heterocycles. The van der Waals surface area contributed by atoms with Crippen LogP contribution in [0, 0.1) is 0 Å². The second-order valence-corrected chi connectivity index (χ2v) is 5.66. The molecule has 1 amide bonds. The van der Waals surface area contributed by atoms with Crippen LogP contribution in [0.3, 0.4) is 0 Å². The summed E-state index contributed by atoms with van der Waals surface area (Å²) < 4.78 is 15.3. The predicted octanol–water partition coefficient (Wildman–Crippen LogP) is 1.62. The highest BCUT2D eigenvalue weighted by molar-refractivity contribution is 5.70. The van der Waals surface area contributed by atoms with Gasteiger partial charge in [0.2, 0.25) is 0 Å². The summed E-state index contributed by atoms with van der Waals surface area (Å²) in [5.41, 5.74) is -0.507. The topological polar surface area (TPSA) is 73.9 Å². The van der Waals surface area contributed by atoms with Crippen molar-refractivity contribution in [1.29, 1.82) is 0 Å². The molecule has 1 aliphatic rings. The molecule has 0 spiro atoms. The summed E-state index contributed by atoms with van der Waals surface area (Å²) in [6.07, 6.45) is 1.18. The van der Waals surface area contributed by atoms with Crippen LogP contribution >= 0.6 is 0 Å². The predicted molar refractivity (Wildman–Crippen MR) is 68.8 cm³/mol. The molecule has 1 heterocycles. The minimum absolute atomic E-state index is 0.0660. The summed E-state index contributed by atoms with van der Waals surface area (Å²) in [4.78, 5) is 22.7. The Bertz CT molecular complexity index is 315. The lowest BCUT2D eigenvalue weighted by atomic mass is 10.0. The van der Waals surface area contributed by atoms with Crippen LogP contribution in [0.25, 0.3) is 0 Å². The van der Waals surface area contributed by atoms with Gasteiger partial charge in [0.25, 0.3) is 0 Å². The van der Waals surface area contributed by atoms with Crippen LogP contribution in [0.2, 0.25) is 0 Å². The van der Waals surface area contributed by atoms with E-state index in [0.29, 0.717) is 6.61 Å². The molecule has 0 radical (unpaired) electrons. The van der Waals surface area contributed by atoms with Crippen molar-refractivity contribution in [2.75, 3.05) is 13.7 Å². The van der Waals surface area contributed by atoms with E-state index in [-0.39, 0.29) is 24.5 Å². The van der Waals surface area contributed by atoms with Crippen LogP contribution in [0.4, 0.5) is 4.79 Å². The van der Waals surface area contributed by atoms with Gasteiger partial charge in [-0.05, 0) is 33.6 Å². The van der Waals surface area contributed by atoms with Gasteiger partial charge in [-0.3, -0.25) is 4.79 Å². The van der Waals surface area contributed by atoms with E-state index in [1.807, 2.05) is 20.8 Å². The van der Waals surface area contributed by atoms with Gasteiger partial charge in [-0.2, -0.15) is 0 Å². The molecule has 0 saturated carbocycles. The number of hydrogen-bond acceptors (Lipinski definition) is 5. The Morgan fingerprint density at radius 3 is 2.47 bits per heavy atom. The molecule has 110 valence electrons. The highest BCUT2D eigenvalue weighted by atomic mass is 16.6. The van der Waals surface area contributed by atoms with Crippen molar-refractivity contribution in [2.45, 2.75) is 57.8 Å². The monoisotopic (exact) mass is 273 g/mol. The Kier molecular flexibility index (Phi) is 5.60. The summed E-state index contributed by atoms with van der Waals surface area (Å²) in [7, 11) is 1.36.